The fourth-order valence-electron chi connectivity index (χ4n) is 4.26. The summed E-state index contributed by atoms with van der Waals surface area (Å²) >= 11 is 0. The van der Waals surface area contributed by atoms with Crippen molar-refractivity contribution in [2.45, 2.75) is 0 Å². The van der Waals surface area contributed by atoms with Crippen LogP contribution in [-0.4, -0.2) is 0 Å². The van der Waals surface area contributed by atoms with Crippen molar-refractivity contribution in [2.75, 3.05) is 0 Å². The van der Waals surface area contributed by atoms with Gasteiger partial charge in [-0.1, -0.05) is 12.1 Å². The molecule has 0 radical (unpaired) electrons. The van der Waals surface area contributed by atoms with Crippen LogP contribution in [0.2, 0.25) is 0 Å². The van der Waals surface area contributed by atoms with Gasteiger partial charge in [0.15, 0.2) is 52.4 Å². The zero-order chi connectivity index (χ0) is 26.0. The van der Waals surface area contributed by atoms with Crippen LogP contribution in [0, 0.1) is 58.2 Å². The highest BCUT2D eigenvalue weighted by atomic mass is 19.2. The highest BCUT2D eigenvalue weighted by Crippen LogP contribution is 2.47. The van der Waals surface area contributed by atoms with Gasteiger partial charge in [-0.15, -0.1) is 0 Å². The Balaban J connectivity index is 2.13. The minimum atomic E-state index is -2.30. The van der Waals surface area contributed by atoms with Crippen LogP contribution < -0.4 is 0 Å². The molecule has 0 amide bonds. The highest BCUT2D eigenvalue weighted by Gasteiger charge is 2.29. The molecule has 0 bridgehead atoms. The van der Waals surface area contributed by atoms with Crippen LogP contribution in [0.4, 0.5) is 43.9 Å². The fourth-order valence-corrected chi connectivity index (χ4v) is 4.26. The summed E-state index contributed by atoms with van der Waals surface area (Å²) in [7, 11) is 0. The van der Waals surface area contributed by atoms with Gasteiger partial charge in [-0.2, -0.15) is 0 Å². The molecule has 5 aromatic carbocycles. The molecule has 0 saturated heterocycles. The first-order valence-electron chi connectivity index (χ1n) is 10.0. The number of hydrogen-bond donors (Lipinski definition) is 0. The van der Waals surface area contributed by atoms with E-state index >= 15 is 8.78 Å². The van der Waals surface area contributed by atoms with Gasteiger partial charge in [-0.3, -0.25) is 0 Å². The average Bonchev–Trinajstić information content (AvgIpc) is 2.84. The van der Waals surface area contributed by atoms with Crippen LogP contribution in [-0.2, 0) is 0 Å². The van der Waals surface area contributed by atoms with Crippen LogP contribution in [0.15, 0.2) is 48.5 Å². The Kier molecular flexibility index (Phi) is 5.42. The van der Waals surface area contributed by atoms with E-state index in [1.165, 1.54) is 0 Å². The molecule has 0 aromatic heterocycles. The molecule has 0 unspecified atom stereocenters. The third-order valence-electron chi connectivity index (χ3n) is 5.77. The van der Waals surface area contributed by atoms with E-state index in [-0.39, 0.29) is 10.9 Å². The van der Waals surface area contributed by atoms with E-state index in [0.29, 0.717) is 24.3 Å². The van der Waals surface area contributed by atoms with E-state index in [1.54, 1.807) is 0 Å². The first-order chi connectivity index (χ1) is 17.0. The molecule has 0 fully saturated rings. The molecular weight excluding hydrogens is 502 g/mol. The number of halogens is 10. The fraction of sp³-hybridized carbons (Fsp3) is 0. The molecule has 0 aliphatic rings. The van der Waals surface area contributed by atoms with E-state index in [1.807, 2.05) is 0 Å². The summed E-state index contributed by atoms with van der Waals surface area (Å²) < 4.78 is 143. The first kappa shape index (κ1) is 23.7. The van der Waals surface area contributed by atoms with Crippen molar-refractivity contribution in [3.63, 3.8) is 0 Å². The summed E-state index contributed by atoms with van der Waals surface area (Å²) in [5.74, 6) is -17.7. The Morgan fingerprint density at radius 1 is 0.361 bits per heavy atom. The monoisotopic (exact) mass is 510 g/mol. The SMILES string of the molecule is Fc1ccc2c(-c3ccc(F)c(F)c3)c3c(F)c(F)c(F)c(F)c3c(-c3cc(F)c(F)c(F)c3)c2c1. The Morgan fingerprint density at radius 3 is 1.44 bits per heavy atom. The van der Waals surface area contributed by atoms with Crippen molar-refractivity contribution in [3.8, 4) is 22.3 Å². The van der Waals surface area contributed by atoms with Gasteiger partial charge in [0.05, 0.1) is 0 Å². The molecule has 0 spiro atoms. The minimum absolute atomic E-state index is 0.223. The van der Waals surface area contributed by atoms with E-state index in [2.05, 4.69) is 0 Å². The third kappa shape index (κ3) is 3.39. The average molecular weight is 510 g/mol. The van der Waals surface area contributed by atoms with Crippen molar-refractivity contribution in [3.05, 3.63) is 107 Å². The lowest BCUT2D eigenvalue weighted by Crippen LogP contribution is -2.03. The van der Waals surface area contributed by atoms with Crippen molar-refractivity contribution in [1.82, 2.24) is 0 Å². The van der Waals surface area contributed by atoms with Crippen LogP contribution >= 0.6 is 0 Å². The van der Waals surface area contributed by atoms with E-state index in [9.17, 15) is 35.1 Å². The Morgan fingerprint density at radius 2 is 0.889 bits per heavy atom. The van der Waals surface area contributed by atoms with E-state index < -0.39 is 91.0 Å². The van der Waals surface area contributed by atoms with Gasteiger partial charge in [-0.05, 0) is 58.3 Å². The molecule has 0 saturated carbocycles. The Labute approximate surface area is 195 Å². The third-order valence-corrected chi connectivity index (χ3v) is 5.77. The van der Waals surface area contributed by atoms with Gasteiger partial charge in [-0.25, -0.2) is 43.9 Å². The predicted molar refractivity (Wildman–Crippen MR) is 112 cm³/mol. The van der Waals surface area contributed by atoms with E-state index in [4.69, 9.17) is 0 Å². The maximum absolute atomic E-state index is 15.3. The second-order valence-corrected chi connectivity index (χ2v) is 7.83. The quantitative estimate of drug-likeness (QED) is 0.0965. The number of benzene rings is 5. The van der Waals surface area contributed by atoms with Gasteiger partial charge in [0.25, 0.3) is 0 Å². The van der Waals surface area contributed by atoms with Crippen molar-refractivity contribution < 1.29 is 43.9 Å². The summed E-state index contributed by atoms with van der Waals surface area (Å²) in [4.78, 5) is 0. The minimum Gasteiger partial charge on any atom is -0.207 e. The summed E-state index contributed by atoms with van der Waals surface area (Å²) in [6.07, 6.45) is 0. The molecule has 0 nitrogen and oxygen atoms in total. The number of rotatable bonds is 2. The van der Waals surface area contributed by atoms with Crippen LogP contribution in [0.1, 0.15) is 0 Å². The lowest BCUT2D eigenvalue weighted by molar-refractivity contribution is 0.418. The Bertz CT molecular complexity index is 1720. The second kappa shape index (κ2) is 8.25. The normalized spacial score (nSPS) is 11.6. The van der Waals surface area contributed by atoms with Crippen molar-refractivity contribution in [2.24, 2.45) is 0 Å². The Hall–Kier alpha value is -4.08. The van der Waals surface area contributed by atoms with Gasteiger partial charge in [0.2, 0.25) is 0 Å². The largest absolute Gasteiger partial charge is 0.207 e. The van der Waals surface area contributed by atoms with Crippen LogP contribution in [0.3, 0.4) is 0 Å². The van der Waals surface area contributed by atoms with Gasteiger partial charge >= 0.3 is 0 Å². The van der Waals surface area contributed by atoms with Crippen LogP contribution in [0.25, 0.3) is 43.8 Å². The zero-order valence-electron chi connectivity index (χ0n) is 17.4. The summed E-state index contributed by atoms with van der Waals surface area (Å²) in [5.41, 5.74) is -2.17. The molecule has 10 heteroatoms. The molecule has 5 aromatic rings. The lowest BCUT2D eigenvalue weighted by Gasteiger charge is -2.19. The summed E-state index contributed by atoms with van der Waals surface area (Å²) in [6, 6.07) is 5.49. The molecule has 5 rings (SSSR count). The lowest BCUT2D eigenvalue weighted by atomic mass is 9.85. The molecule has 36 heavy (non-hydrogen) atoms. The highest BCUT2D eigenvalue weighted by molar-refractivity contribution is 6.21. The summed E-state index contributed by atoms with van der Waals surface area (Å²) in [5, 5.41) is -2.71. The van der Waals surface area contributed by atoms with Crippen molar-refractivity contribution in [1.29, 1.82) is 0 Å². The molecule has 0 N–H and O–H groups in total. The molecule has 182 valence electrons. The van der Waals surface area contributed by atoms with Gasteiger partial charge in [0.1, 0.15) is 5.82 Å². The van der Waals surface area contributed by atoms with Crippen molar-refractivity contribution >= 4 is 21.5 Å². The maximum atomic E-state index is 15.3. The molecule has 0 atom stereocenters. The van der Waals surface area contributed by atoms with Gasteiger partial charge < -0.3 is 0 Å². The summed E-state index contributed by atoms with van der Waals surface area (Å²) in [6.45, 7) is 0. The maximum Gasteiger partial charge on any atom is 0.198 e. The number of fused-ring (bicyclic) bond motifs is 2. The molecule has 0 aliphatic heterocycles. The van der Waals surface area contributed by atoms with Gasteiger partial charge in [0, 0.05) is 21.9 Å². The van der Waals surface area contributed by atoms with E-state index in [0.717, 1.165) is 24.3 Å². The van der Waals surface area contributed by atoms with Crippen LogP contribution in [0.5, 0.6) is 0 Å². The predicted octanol–water partition coefficient (Wildman–Crippen LogP) is 8.72. The molecule has 0 heterocycles. The molecular formula is C26H8F10. The topological polar surface area (TPSA) is 0 Å². The number of hydrogen-bond acceptors (Lipinski definition) is 0. The standard InChI is InChI=1S/C26H8F10/c27-11-2-3-12-13(8-11)19(10-6-16(30)22(32)17(31)7-10)21-20(23(33)25(35)26(36)24(21)34)18(12)9-1-4-14(28)15(29)5-9/h1-8H. The smallest absolute Gasteiger partial charge is 0.198 e. The first-order valence-corrected chi connectivity index (χ1v) is 10.0. The molecule has 0 aliphatic carbocycles. The zero-order valence-corrected chi connectivity index (χ0v) is 17.4. The second-order valence-electron chi connectivity index (χ2n) is 7.83.